The number of methoxy groups -OCH3 is 1. The third kappa shape index (κ3) is 2.13. The molecule has 5 nitrogen and oxygen atoms in total. The van der Waals surface area contributed by atoms with Crippen LogP contribution in [0.5, 0.6) is 0 Å². The van der Waals surface area contributed by atoms with E-state index >= 15 is 0 Å². The Balaban J connectivity index is 2.08. The Morgan fingerprint density at radius 2 is 2.18 bits per heavy atom. The molecule has 0 bridgehead atoms. The molecule has 1 heterocycles. The Labute approximate surface area is 129 Å². The van der Waals surface area contributed by atoms with Crippen molar-refractivity contribution in [3.63, 3.8) is 0 Å². The monoisotopic (exact) mass is 301 g/mol. The zero-order valence-electron chi connectivity index (χ0n) is 12.7. The highest BCUT2D eigenvalue weighted by Crippen LogP contribution is 2.43. The van der Waals surface area contributed by atoms with Gasteiger partial charge in [0.15, 0.2) is 6.10 Å². The van der Waals surface area contributed by atoms with Crippen molar-refractivity contribution in [2.24, 2.45) is 10.9 Å². The lowest BCUT2D eigenvalue weighted by atomic mass is 9.73. The van der Waals surface area contributed by atoms with Crippen molar-refractivity contribution >= 4 is 11.9 Å². The largest absolute Gasteiger partial charge is 0.467 e. The highest BCUT2D eigenvalue weighted by atomic mass is 16.5. The van der Waals surface area contributed by atoms with Gasteiger partial charge in [-0.3, -0.25) is 0 Å². The number of benzene rings is 1. The molecular formula is C17H19NO4. The first-order chi connectivity index (χ1) is 10.6. The summed E-state index contributed by atoms with van der Waals surface area (Å²) >= 11 is 0. The van der Waals surface area contributed by atoms with Crippen LogP contribution in [0.3, 0.4) is 0 Å². The molecule has 5 heteroatoms. The number of esters is 1. The fourth-order valence-corrected chi connectivity index (χ4v) is 3.21. The summed E-state index contributed by atoms with van der Waals surface area (Å²) < 4.78 is 10.9. The average Bonchev–Trinajstić information content (AvgIpc) is 2.96. The van der Waals surface area contributed by atoms with E-state index < -0.39 is 17.6 Å². The third-order valence-corrected chi connectivity index (χ3v) is 4.40. The normalized spacial score (nSPS) is 30.0. The second-order valence-electron chi connectivity index (χ2n) is 5.73. The first-order valence-corrected chi connectivity index (χ1v) is 7.32. The van der Waals surface area contributed by atoms with Crippen LogP contribution in [-0.2, 0) is 14.3 Å². The maximum Gasteiger partial charge on any atom is 0.338 e. The summed E-state index contributed by atoms with van der Waals surface area (Å²) in [7, 11) is 1.36. The number of carbonyl (C=O) groups excluding carboxylic acids is 1. The third-order valence-electron chi connectivity index (χ3n) is 4.40. The van der Waals surface area contributed by atoms with Crippen LogP contribution in [0.25, 0.3) is 0 Å². The molecule has 0 spiro atoms. The molecule has 2 aliphatic rings. The highest BCUT2D eigenvalue weighted by Gasteiger charge is 2.58. The van der Waals surface area contributed by atoms with Gasteiger partial charge >= 0.3 is 5.97 Å². The van der Waals surface area contributed by atoms with Crippen molar-refractivity contribution in [3.05, 3.63) is 47.5 Å². The first kappa shape index (κ1) is 14.8. The molecule has 3 atom stereocenters. The lowest BCUT2D eigenvalue weighted by molar-refractivity contribution is -0.151. The van der Waals surface area contributed by atoms with Crippen LogP contribution >= 0.6 is 0 Å². The molecule has 3 rings (SSSR count). The van der Waals surface area contributed by atoms with Gasteiger partial charge < -0.3 is 14.6 Å². The van der Waals surface area contributed by atoms with Gasteiger partial charge in [0.25, 0.3) is 0 Å². The van der Waals surface area contributed by atoms with E-state index in [1.165, 1.54) is 7.11 Å². The molecule has 116 valence electrons. The van der Waals surface area contributed by atoms with Crippen LogP contribution < -0.4 is 0 Å². The van der Waals surface area contributed by atoms with Gasteiger partial charge in [-0.2, -0.15) is 0 Å². The molecular weight excluding hydrogens is 282 g/mol. The minimum atomic E-state index is -1.07. The van der Waals surface area contributed by atoms with E-state index in [9.17, 15) is 9.90 Å². The topological polar surface area (TPSA) is 68.1 Å². The van der Waals surface area contributed by atoms with Crippen molar-refractivity contribution < 1.29 is 19.4 Å². The molecule has 0 aromatic heterocycles. The van der Waals surface area contributed by atoms with E-state index in [4.69, 9.17) is 9.47 Å². The van der Waals surface area contributed by atoms with Crippen molar-refractivity contribution in [2.75, 3.05) is 13.7 Å². The van der Waals surface area contributed by atoms with E-state index in [1.54, 1.807) is 6.08 Å². The molecule has 0 amide bonds. The zero-order valence-corrected chi connectivity index (χ0v) is 12.7. The van der Waals surface area contributed by atoms with Crippen LogP contribution in [0.1, 0.15) is 18.9 Å². The highest BCUT2D eigenvalue weighted by molar-refractivity contribution is 6.00. The van der Waals surface area contributed by atoms with Gasteiger partial charge in [-0.1, -0.05) is 25.1 Å². The fourth-order valence-electron chi connectivity index (χ4n) is 3.21. The summed E-state index contributed by atoms with van der Waals surface area (Å²) in [6.07, 6.45) is 1.86. The van der Waals surface area contributed by atoms with E-state index in [0.29, 0.717) is 12.3 Å². The SMILES string of the molecule is COC(=O)[C@]12N=C(c3ccccc3)O[C@H]1C=C(CO)C[C@H]2C. The Kier molecular flexibility index (Phi) is 3.74. The summed E-state index contributed by atoms with van der Waals surface area (Å²) in [4.78, 5) is 17.1. The Bertz CT molecular complexity index is 637. The Hall–Kier alpha value is -2.14. The number of aliphatic hydroxyl groups excluding tert-OH is 1. The van der Waals surface area contributed by atoms with E-state index in [0.717, 1.165) is 11.1 Å². The summed E-state index contributed by atoms with van der Waals surface area (Å²) in [6.45, 7) is 1.90. The van der Waals surface area contributed by atoms with Gasteiger partial charge in [0.05, 0.1) is 13.7 Å². The molecule has 1 aliphatic heterocycles. The number of rotatable bonds is 3. The van der Waals surface area contributed by atoms with Gasteiger partial charge in [-0.05, 0) is 30.2 Å². The summed E-state index contributed by atoms with van der Waals surface area (Å²) in [5, 5.41) is 9.41. The van der Waals surface area contributed by atoms with Crippen LogP contribution in [0.4, 0.5) is 0 Å². The van der Waals surface area contributed by atoms with Gasteiger partial charge in [-0.25, -0.2) is 9.79 Å². The minimum absolute atomic E-state index is 0.0396. The van der Waals surface area contributed by atoms with Gasteiger partial charge in [0, 0.05) is 11.5 Å². The quantitative estimate of drug-likeness (QED) is 0.681. The van der Waals surface area contributed by atoms with Crippen molar-refractivity contribution in [1.82, 2.24) is 0 Å². The average molecular weight is 301 g/mol. The van der Waals surface area contributed by atoms with E-state index in [2.05, 4.69) is 4.99 Å². The summed E-state index contributed by atoms with van der Waals surface area (Å²) in [5.41, 5.74) is 0.617. The Morgan fingerprint density at radius 1 is 1.45 bits per heavy atom. The smallest absolute Gasteiger partial charge is 0.338 e. The van der Waals surface area contributed by atoms with Gasteiger partial charge in [0.1, 0.15) is 0 Å². The fraction of sp³-hybridized carbons (Fsp3) is 0.412. The number of carbonyl (C=O) groups is 1. The number of nitrogens with zero attached hydrogens (tertiary/aromatic N) is 1. The van der Waals surface area contributed by atoms with Crippen LogP contribution in [0.15, 0.2) is 47.0 Å². The number of ether oxygens (including phenoxy) is 2. The second-order valence-corrected chi connectivity index (χ2v) is 5.73. The Morgan fingerprint density at radius 3 is 2.82 bits per heavy atom. The van der Waals surface area contributed by atoms with Crippen LogP contribution in [-0.4, -0.2) is 42.3 Å². The molecule has 0 radical (unpaired) electrons. The molecule has 0 saturated heterocycles. The first-order valence-electron chi connectivity index (χ1n) is 7.32. The molecule has 1 aromatic carbocycles. The number of hydrogen-bond donors (Lipinski definition) is 1. The van der Waals surface area contributed by atoms with Crippen molar-refractivity contribution in [3.8, 4) is 0 Å². The molecule has 0 fully saturated rings. The van der Waals surface area contributed by atoms with E-state index in [1.807, 2.05) is 37.3 Å². The number of fused-ring (bicyclic) bond motifs is 1. The molecule has 1 aromatic rings. The predicted molar refractivity (Wildman–Crippen MR) is 81.5 cm³/mol. The predicted octanol–water partition coefficient (Wildman–Crippen LogP) is 1.70. The number of hydrogen-bond acceptors (Lipinski definition) is 5. The lowest BCUT2D eigenvalue weighted by Gasteiger charge is -2.36. The maximum atomic E-state index is 12.5. The molecule has 1 aliphatic carbocycles. The molecule has 22 heavy (non-hydrogen) atoms. The minimum Gasteiger partial charge on any atom is -0.467 e. The van der Waals surface area contributed by atoms with E-state index in [-0.39, 0.29) is 12.5 Å². The van der Waals surface area contributed by atoms with Gasteiger partial charge in [0.2, 0.25) is 11.4 Å². The lowest BCUT2D eigenvalue weighted by Crippen LogP contribution is -2.53. The van der Waals surface area contributed by atoms with Crippen molar-refractivity contribution in [1.29, 1.82) is 0 Å². The van der Waals surface area contributed by atoms with Crippen LogP contribution in [0.2, 0.25) is 0 Å². The maximum absolute atomic E-state index is 12.5. The summed E-state index contributed by atoms with van der Waals surface area (Å²) in [6, 6.07) is 9.48. The molecule has 0 saturated carbocycles. The summed E-state index contributed by atoms with van der Waals surface area (Å²) in [5.74, 6) is -0.0687. The van der Waals surface area contributed by atoms with Crippen molar-refractivity contribution in [2.45, 2.75) is 25.0 Å². The number of aliphatic hydroxyl groups is 1. The second kappa shape index (κ2) is 5.57. The van der Waals surface area contributed by atoms with Crippen LogP contribution in [0, 0.1) is 5.92 Å². The number of aliphatic imine (C=N–C) groups is 1. The molecule has 1 N–H and O–H groups in total. The standard InChI is InChI=1S/C17H19NO4/c1-11-8-12(10-19)9-14-17(11,16(20)21-2)18-15(22-14)13-6-4-3-5-7-13/h3-7,9,11,14,19H,8,10H2,1-2H3/t11-,14+,17-/m1/s1. The zero-order chi connectivity index (χ0) is 15.7. The molecule has 0 unspecified atom stereocenters. The van der Waals surface area contributed by atoms with Gasteiger partial charge in [-0.15, -0.1) is 0 Å².